The van der Waals surface area contributed by atoms with Gasteiger partial charge in [-0.05, 0) is 30.4 Å². The van der Waals surface area contributed by atoms with E-state index < -0.39 is 0 Å². The Morgan fingerprint density at radius 3 is 2.94 bits per heavy atom. The highest BCUT2D eigenvalue weighted by atomic mass is 32.1. The molecule has 94 valence electrons. The zero-order chi connectivity index (χ0) is 12.5. The van der Waals surface area contributed by atoms with E-state index in [9.17, 15) is 0 Å². The van der Waals surface area contributed by atoms with Crippen LogP contribution in [0.1, 0.15) is 29.0 Å². The molecule has 18 heavy (non-hydrogen) atoms. The summed E-state index contributed by atoms with van der Waals surface area (Å²) in [5, 5.41) is 11.2. The van der Waals surface area contributed by atoms with Crippen molar-refractivity contribution in [3.05, 3.63) is 39.8 Å². The number of fused-ring (bicyclic) bond motifs is 1. The first-order valence-corrected chi connectivity index (χ1v) is 6.92. The van der Waals surface area contributed by atoms with Crippen LogP contribution in [0.25, 0.3) is 0 Å². The van der Waals surface area contributed by atoms with Crippen molar-refractivity contribution in [1.29, 1.82) is 0 Å². The van der Waals surface area contributed by atoms with Crippen LogP contribution >= 0.6 is 11.3 Å². The van der Waals surface area contributed by atoms with E-state index in [2.05, 4.69) is 33.2 Å². The number of aliphatic hydroxyl groups is 1. The number of aliphatic hydroxyl groups excluding tert-OH is 1. The predicted molar refractivity (Wildman–Crippen MR) is 71.7 cm³/mol. The summed E-state index contributed by atoms with van der Waals surface area (Å²) in [5.74, 6) is 0.747. The summed E-state index contributed by atoms with van der Waals surface area (Å²) >= 11 is 1.83. The third-order valence-electron chi connectivity index (χ3n) is 3.41. The minimum Gasteiger partial charge on any atom is -0.392 e. The van der Waals surface area contributed by atoms with Gasteiger partial charge in [0.25, 0.3) is 0 Å². The van der Waals surface area contributed by atoms with E-state index in [-0.39, 0.29) is 6.61 Å². The minimum absolute atomic E-state index is 0.00941. The van der Waals surface area contributed by atoms with E-state index in [0.29, 0.717) is 6.04 Å². The molecule has 1 aliphatic rings. The van der Waals surface area contributed by atoms with Crippen molar-refractivity contribution >= 4 is 17.3 Å². The number of rotatable bonds is 2. The normalized spacial score (nSPS) is 18.8. The van der Waals surface area contributed by atoms with Crippen LogP contribution in [0.3, 0.4) is 0 Å². The molecule has 0 aromatic carbocycles. The van der Waals surface area contributed by atoms with E-state index in [0.717, 1.165) is 24.5 Å². The van der Waals surface area contributed by atoms with E-state index >= 15 is 0 Å². The van der Waals surface area contributed by atoms with E-state index in [4.69, 9.17) is 5.11 Å². The minimum atomic E-state index is -0.00941. The number of thiophene rings is 1. The van der Waals surface area contributed by atoms with Crippen LogP contribution in [0.2, 0.25) is 0 Å². The van der Waals surface area contributed by atoms with Crippen molar-refractivity contribution in [3.8, 4) is 0 Å². The lowest BCUT2D eigenvalue weighted by Gasteiger charge is -2.33. The van der Waals surface area contributed by atoms with Crippen LogP contribution < -0.4 is 4.90 Å². The van der Waals surface area contributed by atoms with Crippen LogP contribution in [0.5, 0.6) is 0 Å². The number of anilines is 1. The van der Waals surface area contributed by atoms with Crippen molar-refractivity contribution in [2.45, 2.75) is 26.0 Å². The van der Waals surface area contributed by atoms with Crippen molar-refractivity contribution in [2.75, 3.05) is 11.4 Å². The first-order valence-electron chi connectivity index (χ1n) is 6.04. The Balaban J connectivity index is 1.89. The standard InChI is InChI=1S/C13H15N3OS/c1-9-11-3-5-18-12(11)2-4-16(9)13-14-6-10(8-17)7-15-13/h3,5-7,9,17H,2,4,8H2,1H3. The lowest BCUT2D eigenvalue weighted by Crippen LogP contribution is -2.34. The summed E-state index contributed by atoms with van der Waals surface area (Å²) in [4.78, 5) is 12.4. The van der Waals surface area contributed by atoms with Gasteiger partial charge in [-0.25, -0.2) is 9.97 Å². The zero-order valence-electron chi connectivity index (χ0n) is 10.2. The second-order valence-electron chi connectivity index (χ2n) is 4.47. The Bertz CT molecular complexity index is 537. The Kier molecular flexibility index (Phi) is 3.01. The van der Waals surface area contributed by atoms with Gasteiger partial charge in [-0.3, -0.25) is 0 Å². The molecular formula is C13H15N3OS. The monoisotopic (exact) mass is 261 g/mol. The highest BCUT2D eigenvalue weighted by Crippen LogP contribution is 2.34. The van der Waals surface area contributed by atoms with E-state index in [1.54, 1.807) is 12.4 Å². The molecule has 0 fully saturated rings. The van der Waals surface area contributed by atoms with Gasteiger partial charge in [0.2, 0.25) is 5.95 Å². The zero-order valence-corrected chi connectivity index (χ0v) is 11.0. The molecule has 3 heterocycles. The molecule has 1 unspecified atom stereocenters. The molecule has 0 saturated carbocycles. The summed E-state index contributed by atoms with van der Waals surface area (Å²) in [7, 11) is 0. The van der Waals surface area contributed by atoms with Crippen molar-refractivity contribution < 1.29 is 5.11 Å². The molecular weight excluding hydrogens is 246 g/mol. The van der Waals surface area contributed by atoms with Gasteiger partial charge in [0.15, 0.2) is 0 Å². The molecule has 3 rings (SSSR count). The lowest BCUT2D eigenvalue weighted by molar-refractivity contribution is 0.281. The molecule has 1 atom stereocenters. The van der Waals surface area contributed by atoms with Gasteiger partial charge in [-0.2, -0.15) is 0 Å². The quantitative estimate of drug-likeness (QED) is 0.900. The summed E-state index contributed by atoms with van der Waals surface area (Å²) in [5.41, 5.74) is 2.14. The molecule has 5 heteroatoms. The van der Waals surface area contributed by atoms with Gasteiger partial charge in [0.1, 0.15) is 0 Å². The maximum absolute atomic E-state index is 9.00. The van der Waals surface area contributed by atoms with Crippen molar-refractivity contribution in [2.24, 2.45) is 0 Å². The van der Waals surface area contributed by atoms with Crippen molar-refractivity contribution in [1.82, 2.24) is 9.97 Å². The molecule has 4 nitrogen and oxygen atoms in total. The third-order valence-corrected chi connectivity index (χ3v) is 4.40. The second kappa shape index (κ2) is 4.66. The maximum Gasteiger partial charge on any atom is 0.225 e. The van der Waals surface area contributed by atoms with Crippen LogP contribution in [-0.2, 0) is 13.0 Å². The molecule has 0 bridgehead atoms. The Morgan fingerprint density at radius 2 is 2.22 bits per heavy atom. The van der Waals surface area contributed by atoms with Crippen LogP contribution in [0, 0.1) is 0 Å². The molecule has 0 aliphatic carbocycles. The summed E-state index contributed by atoms with van der Waals surface area (Å²) in [6, 6.07) is 2.51. The number of nitrogens with zero attached hydrogens (tertiary/aromatic N) is 3. The van der Waals surface area contributed by atoms with Gasteiger partial charge < -0.3 is 10.0 Å². The Hall–Kier alpha value is -1.46. The van der Waals surface area contributed by atoms with Gasteiger partial charge >= 0.3 is 0 Å². The third kappa shape index (κ3) is 1.89. The van der Waals surface area contributed by atoms with Crippen LogP contribution in [0.4, 0.5) is 5.95 Å². The largest absolute Gasteiger partial charge is 0.392 e. The highest BCUT2D eigenvalue weighted by molar-refractivity contribution is 7.10. The van der Waals surface area contributed by atoms with E-state index in [1.165, 1.54) is 10.4 Å². The Morgan fingerprint density at radius 1 is 1.44 bits per heavy atom. The van der Waals surface area contributed by atoms with Gasteiger partial charge in [0, 0.05) is 29.4 Å². The fourth-order valence-corrected chi connectivity index (χ4v) is 3.32. The highest BCUT2D eigenvalue weighted by Gasteiger charge is 2.26. The molecule has 0 spiro atoms. The van der Waals surface area contributed by atoms with Gasteiger partial charge in [-0.1, -0.05) is 0 Å². The van der Waals surface area contributed by atoms with Crippen LogP contribution in [-0.4, -0.2) is 21.6 Å². The smallest absolute Gasteiger partial charge is 0.225 e. The summed E-state index contributed by atoms with van der Waals surface area (Å²) < 4.78 is 0. The Labute approximate surface area is 110 Å². The number of hydrogen-bond acceptors (Lipinski definition) is 5. The fourth-order valence-electron chi connectivity index (χ4n) is 2.36. The average Bonchev–Trinajstić information content (AvgIpc) is 2.89. The second-order valence-corrected chi connectivity index (χ2v) is 5.47. The van der Waals surface area contributed by atoms with Gasteiger partial charge in [0.05, 0.1) is 12.6 Å². The summed E-state index contributed by atoms with van der Waals surface area (Å²) in [6.45, 7) is 3.13. The maximum atomic E-state index is 9.00. The topological polar surface area (TPSA) is 49.2 Å². The van der Waals surface area contributed by atoms with Gasteiger partial charge in [-0.15, -0.1) is 11.3 Å². The number of hydrogen-bond donors (Lipinski definition) is 1. The first-order chi connectivity index (χ1) is 8.79. The average molecular weight is 261 g/mol. The van der Waals surface area contributed by atoms with Crippen molar-refractivity contribution in [3.63, 3.8) is 0 Å². The molecule has 1 N–H and O–H groups in total. The molecule has 0 amide bonds. The van der Waals surface area contributed by atoms with Crippen LogP contribution in [0.15, 0.2) is 23.8 Å². The number of aromatic nitrogens is 2. The van der Waals surface area contributed by atoms with E-state index in [1.807, 2.05) is 11.3 Å². The predicted octanol–water partition coefficient (Wildman–Crippen LogP) is 2.15. The molecule has 2 aromatic heterocycles. The molecule has 1 aliphatic heterocycles. The first kappa shape index (κ1) is 11.6. The summed E-state index contributed by atoms with van der Waals surface area (Å²) in [6.07, 6.45) is 4.44. The fraction of sp³-hybridized carbons (Fsp3) is 0.385. The molecule has 0 saturated heterocycles. The molecule has 0 radical (unpaired) electrons. The SMILES string of the molecule is CC1c2ccsc2CCN1c1ncc(CO)cn1. The molecule has 2 aromatic rings. The lowest BCUT2D eigenvalue weighted by atomic mass is 10.0.